The smallest absolute Gasteiger partial charge is 0.480 e. The van der Waals surface area contributed by atoms with Crippen molar-refractivity contribution in [3.8, 4) is 0 Å². The predicted octanol–water partition coefficient (Wildman–Crippen LogP) is -5.26. The fourth-order valence-electron chi connectivity index (χ4n) is 5.45. The molecule has 1 aliphatic rings. The van der Waals surface area contributed by atoms with Crippen LogP contribution in [0.2, 0.25) is 0 Å². The van der Waals surface area contributed by atoms with Gasteiger partial charge in [0.25, 0.3) is 5.91 Å². The summed E-state index contributed by atoms with van der Waals surface area (Å²) < 4.78 is 4.67. The van der Waals surface area contributed by atoms with Crippen molar-refractivity contribution in [2.24, 2.45) is 17.4 Å². The Morgan fingerprint density at radius 1 is 0.943 bits per heavy atom. The first-order valence-electron chi connectivity index (χ1n) is 17.0. The van der Waals surface area contributed by atoms with Crippen LogP contribution in [0.1, 0.15) is 45.1 Å². The zero-order valence-electron chi connectivity index (χ0n) is 29.7. The third-order valence-corrected chi connectivity index (χ3v) is 8.80. The van der Waals surface area contributed by atoms with E-state index in [1.54, 1.807) is 44.2 Å². The summed E-state index contributed by atoms with van der Waals surface area (Å²) in [5, 5.41) is 31.4. The van der Waals surface area contributed by atoms with Gasteiger partial charge < -0.3 is 53.6 Å². The Bertz CT molecular complexity index is 1390. The number of rotatable bonds is 22. The van der Waals surface area contributed by atoms with Gasteiger partial charge in [0.1, 0.15) is 43.1 Å². The van der Waals surface area contributed by atoms with Crippen LogP contribution in [0.3, 0.4) is 0 Å². The van der Waals surface area contributed by atoms with Gasteiger partial charge in [-0.2, -0.15) is 19.2 Å². The minimum absolute atomic E-state index is 0.0488. The van der Waals surface area contributed by atoms with E-state index in [1.165, 1.54) is 0 Å². The molecule has 0 unspecified atom stereocenters. The largest absolute Gasteiger partial charge is 0.567 e. The average Bonchev–Trinajstić information content (AvgIpc) is 3.58. The number of hydrogen-bond acceptors (Lipinski definition) is 14. The van der Waals surface area contributed by atoms with Gasteiger partial charge in [-0.1, -0.05) is 44.2 Å². The Kier molecular flexibility index (Phi) is 18.6. The van der Waals surface area contributed by atoms with E-state index >= 15 is 0 Å². The molecule has 0 aromatic heterocycles. The summed E-state index contributed by atoms with van der Waals surface area (Å²) in [6.45, 7) is 1.94. The highest BCUT2D eigenvalue weighted by Gasteiger charge is 2.43. The van der Waals surface area contributed by atoms with Crippen LogP contribution in [0.15, 0.2) is 30.3 Å². The molecular formula is C31H54N9O12P+2. The van der Waals surface area contributed by atoms with Crippen LogP contribution in [0.5, 0.6) is 0 Å². The molecule has 0 radical (unpaired) electrons. The topological polar surface area (TPSA) is 356 Å². The molecule has 298 valence electrons. The molecule has 5 amide bonds. The van der Waals surface area contributed by atoms with Gasteiger partial charge in [-0.15, -0.1) is 0 Å². The molecule has 1 aliphatic heterocycles. The van der Waals surface area contributed by atoms with Crippen molar-refractivity contribution < 1.29 is 63.9 Å². The zero-order valence-corrected chi connectivity index (χ0v) is 30.6. The number of hydrogen-bond donors (Lipinski definition) is 13. The van der Waals surface area contributed by atoms with Crippen LogP contribution in [-0.2, 0) is 39.7 Å². The summed E-state index contributed by atoms with van der Waals surface area (Å²) in [5.41, 5.74) is 15.3. The molecule has 1 aromatic rings. The van der Waals surface area contributed by atoms with Gasteiger partial charge in [0.05, 0.1) is 6.61 Å². The van der Waals surface area contributed by atoms with Crippen LogP contribution < -0.4 is 43.8 Å². The molecule has 21 nitrogen and oxygen atoms in total. The highest BCUT2D eigenvalue weighted by molar-refractivity contribution is 7.53. The van der Waals surface area contributed by atoms with E-state index in [0.717, 1.165) is 4.90 Å². The summed E-state index contributed by atoms with van der Waals surface area (Å²) >= 11 is 0. The van der Waals surface area contributed by atoms with Crippen molar-refractivity contribution >= 4 is 43.7 Å². The maximum Gasteiger partial charge on any atom is 0.567 e. The van der Waals surface area contributed by atoms with E-state index in [9.17, 15) is 53.7 Å². The van der Waals surface area contributed by atoms with Crippen LogP contribution in [0.25, 0.3) is 0 Å². The van der Waals surface area contributed by atoms with Gasteiger partial charge in [-0.05, 0) is 37.3 Å². The number of quaternary nitrogens is 1. The summed E-state index contributed by atoms with van der Waals surface area (Å²) in [5.74, 6) is -5.97. The Morgan fingerprint density at radius 3 is 2.13 bits per heavy atom. The summed E-state index contributed by atoms with van der Waals surface area (Å²) in [6.07, 6.45) is 0.406. The normalized spacial score (nSPS) is 17.4. The second-order valence-corrected chi connectivity index (χ2v) is 14.2. The fourth-order valence-corrected chi connectivity index (χ4v) is 5.80. The van der Waals surface area contributed by atoms with Gasteiger partial charge in [0, 0.05) is 19.4 Å². The number of carbonyl (C=O) groups is 6. The zero-order chi connectivity index (χ0) is 39.9. The van der Waals surface area contributed by atoms with Crippen LogP contribution in [0.4, 0.5) is 0 Å². The number of carboxylic acid groups (broad SMARTS) is 1. The van der Waals surface area contributed by atoms with Crippen molar-refractivity contribution in [1.82, 2.24) is 31.5 Å². The minimum atomic E-state index is -4.83. The third kappa shape index (κ3) is 15.5. The van der Waals surface area contributed by atoms with E-state index in [-0.39, 0.29) is 25.8 Å². The molecular weight excluding hydrogens is 721 g/mol. The van der Waals surface area contributed by atoms with Crippen LogP contribution in [0, 0.1) is 5.92 Å². The molecule has 0 bridgehead atoms. The number of carbonyl (C=O) groups excluding carboxylic acids is 5. The Labute approximate surface area is 307 Å². The monoisotopic (exact) mass is 775 g/mol. The lowest BCUT2D eigenvalue weighted by Crippen LogP contribution is -2.69. The number of aliphatic carboxylic acids is 1. The maximum absolute atomic E-state index is 13.8. The quantitative estimate of drug-likeness (QED) is 0.0297. The number of nitrogens with zero attached hydrogens (tertiary/aromatic N) is 1. The van der Waals surface area contributed by atoms with E-state index in [1.807, 2.05) is 0 Å². The first kappa shape index (κ1) is 45.3. The van der Waals surface area contributed by atoms with Crippen molar-refractivity contribution in [2.75, 3.05) is 26.3 Å². The van der Waals surface area contributed by atoms with E-state index in [4.69, 9.17) is 11.5 Å². The number of carboxylic acids is 1. The number of nitrogens with one attached hydrogen (secondary N) is 5. The van der Waals surface area contributed by atoms with E-state index in [2.05, 4.69) is 36.8 Å². The van der Waals surface area contributed by atoms with Gasteiger partial charge in [0.15, 0.2) is 6.04 Å². The molecule has 0 spiro atoms. The first-order chi connectivity index (χ1) is 24.8. The van der Waals surface area contributed by atoms with Crippen molar-refractivity contribution in [3.05, 3.63) is 35.9 Å². The first-order valence-corrected chi connectivity index (χ1v) is 18.6. The molecule has 0 aliphatic carbocycles. The second-order valence-electron chi connectivity index (χ2n) is 12.9. The molecule has 2 rings (SSSR count). The number of amides is 5. The highest BCUT2D eigenvalue weighted by atomic mass is 31.2. The standard InChI is InChI=1S/C31H52N9O12P/c1-17(2)24(28(45)36-20(14-18-8-4-3-5-9-18)26(43)37-21(15-41)30(47)48)39-27(44)23-11-7-13-40(23)29(46)22(16-52-53(49,50)51)38-25(42)19(32)10-6-12-35-31(33)34/h3-5,8-9,17,19-24,31,35,41,49-51H,6-7,10-16,32-34H2,1-2H3,(H4-,36,37,38,39,42,43,44,45,47,48)/p+2/t19-,20-,21-,22-,23-,24-/m0/s1. The molecule has 53 heavy (non-hydrogen) atoms. The van der Waals surface area contributed by atoms with Crippen LogP contribution in [-0.4, -0.2) is 134 Å². The van der Waals surface area contributed by atoms with Gasteiger partial charge >= 0.3 is 14.1 Å². The summed E-state index contributed by atoms with van der Waals surface area (Å²) in [7, 11) is -4.83. The van der Waals surface area contributed by atoms with Gasteiger partial charge in [0.2, 0.25) is 23.6 Å². The molecule has 1 fully saturated rings. The van der Waals surface area contributed by atoms with Crippen molar-refractivity contribution in [3.63, 3.8) is 0 Å². The highest BCUT2D eigenvalue weighted by Crippen LogP contribution is 2.45. The Balaban J connectivity index is 2.23. The lowest BCUT2D eigenvalue weighted by atomic mass is 10.00. The maximum atomic E-state index is 13.8. The van der Waals surface area contributed by atoms with E-state index in [0.29, 0.717) is 24.9 Å². The van der Waals surface area contributed by atoms with Crippen molar-refractivity contribution in [1.29, 1.82) is 0 Å². The molecule has 1 heterocycles. The lowest BCUT2D eigenvalue weighted by molar-refractivity contribution is -0.405. The number of aliphatic hydroxyl groups excluding tert-OH is 1. The fraction of sp³-hybridized carbons (Fsp3) is 0.613. The predicted molar refractivity (Wildman–Crippen MR) is 188 cm³/mol. The lowest BCUT2D eigenvalue weighted by Gasteiger charge is -2.31. The Hall–Kier alpha value is -3.89. The number of likely N-dealkylation sites (tertiary alicyclic amines) is 1. The average molecular weight is 776 g/mol. The summed E-state index contributed by atoms with van der Waals surface area (Å²) in [6, 6.07) is 0.784. The second kappa shape index (κ2) is 21.7. The third-order valence-electron chi connectivity index (χ3n) is 8.31. The molecule has 22 heteroatoms. The molecule has 6 atom stereocenters. The van der Waals surface area contributed by atoms with Crippen LogP contribution >= 0.6 is 8.17 Å². The Morgan fingerprint density at radius 2 is 1.57 bits per heavy atom. The molecule has 1 aromatic carbocycles. The van der Waals surface area contributed by atoms with Gasteiger partial charge in [-0.25, -0.2) is 4.79 Å². The van der Waals surface area contributed by atoms with Crippen molar-refractivity contribution in [2.45, 2.75) is 88.5 Å². The van der Waals surface area contributed by atoms with E-state index < -0.39 is 105 Å². The number of benzene rings is 1. The van der Waals surface area contributed by atoms with Gasteiger partial charge in [-0.3, -0.25) is 29.3 Å². The minimum Gasteiger partial charge on any atom is -0.480 e. The molecule has 17 N–H and O–H groups in total. The molecule has 1 saturated heterocycles. The number of aliphatic hydroxyl groups is 1. The molecule has 0 saturated carbocycles. The number of nitrogens with two attached hydrogens (primary N) is 2. The SMILES string of the molecule is CC(C)[C@H](NC(=O)[C@@H]1CCCN1C(=O)[C@H](CO[P+](O)(O)O)NC(=O)[C@@H]([NH3+])CCCNC(N)N)C(=O)N[C@@H](Cc1ccccc1)C(=O)N[C@@H](CO)C(=O)O. The summed E-state index contributed by atoms with van der Waals surface area (Å²) in [4.78, 5) is 108.